The van der Waals surface area contributed by atoms with E-state index in [9.17, 15) is 4.79 Å². The third-order valence-electron chi connectivity index (χ3n) is 1.45. The summed E-state index contributed by atoms with van der Waals surface area (Å²) in [6, 6.07) is 0. The highest BCUT2D eigenvalue weighted by Gasteiger charge is 2.07. The molecule has 0 radical (unpaired) electrons. The summed E-state index contributed by atoms with van der Waals surface area (Å²) in [5.41, 5.74) is 0.422. The van der Waals surface area contributed by atoms with Crippen LogP contribution in [0, 0.1) is 0 Å². The first-order valence-corrected chi connectivity index (χ1v) is 3.90. The lowest BCUT2D eigenvalue weighted by Gasteiger charge is -2.01. The molecule has 68 valence electrons. The van der Waals surface area contributed by atoms with Gasteiger partial charge in [0, 0.05) is 18.0 Å². The van der Waals surface area contributed by atoms with E-state index in [0.29, 0.717) is 12.0 Å². The van der Waals surface area contributed by atoms with Gasteiger partial charge in [-0.05, 0) is 6.42 Å². The molecule has 0 atom stereocenters. The van der Waals surface area contributed by atoms with Gasteiger partial charge < -0.3 is 4.74 Å². The number of hydrogen-bond acceptors (Lipinski definition) is 4. The molecule has 0 amide bonds. The molecule has 1 aromatic rings. The zero-order chi connectivity index (χ0) is 9.68. The summed E-state index contributed by atoms with van der Waals surface area (Å²) in [5.74, 6) is -0.259. The second kappa shape index (κ2) is 4.35. The van der Waals surface area contributed by atoms with Gasteiger partial charge in [-0.25, -0.2) is 9.78 Å². The van der Waals surface area contributed by atoms with Crippen molar-refractivity contribution in [1.82, 2.24) is 9.97 Å². The van der Waals surface area contributed by atoms with Gasteiger partial charge in [-0.15, -0.1) is 0 Å². The molecule has 0 spiro atoms. The SMILES string of the molecule is C=C(CC)C(=O)Oc1cnccn1. The molecule has 0 aliphatic carbocycles. The molecule has 0 aromatic carbocycles. The Balaban J connectivity index is 2.60. The number of carbonyl (C=O) groups is 1. The summed E-state index contributed by atoms with van der Waals surface area (Å²) < 4.78 is 4.85. The molecule has 0 unspecified atom stereocenters. The van der Waals surface area contributed by atoms with E-state index in [-0.39, 0.29) is 5.88 Å². The van der Waals surface area contributed by atoms with Crippen LogP contribution in [0.4, 0.5) is 0 Å². The van der Waals surface area contributed by atoms with Gasteiger partial charge >= 0.3 is 5.97 Å². The minimum absolute atomic E-state index is 0.196. The van der Waals surface area contributed by atoms with Crippen LogP contribution in [-0.4, -0.2) is 15.9 Å². The molecule has 1 rings (SSSR count). The number of carbonyl (C=O) groups excluding carboxylic acids is 1. The Morgan fingerprint density at radius 3 is 2.92 bits per heavy atom. The van der Waals surface area contributed by atoms with Crippen LogP contribution in [0.1, 0.15) is 13.3 Å². The maximum absolute atomic E-state index is 11.2. The number of hydrogen-bond donors (Lipinski definition) is 0. The van der Waals surface area contributed by atoms with E-state index < -0.39 is 5.97 Å². The van der Waals surface area contributed by atoms with Crippen molar-refractivity contribution in [2.24, 2.45) is 0 Å². The molecule has 13 heavy (non-hydrogen) atoms. The molecule has 1 aromatic heterocycles. The molecule has 4 nitrogen and oxygen atoms in total. The summed E-state index contributed by atoms with van der Waals surface area (Å²) in [7, 11) is 0. The predicted molar refractivity (Wildman–Crippen MR) is 47.1 cm³/mol. The average Bonchev–Trinajstić information content (AvgIpc) is 2.18. The number of ether oxygens (including phenoxy) is 1. The summed E-state index contributed by atoms with van der Waals surface area (Å²) in [6.07, 6.45) is 4.91. The monoisotopic (exact) mass is 178 g/mol. The minimum Gasteiger partial charge on any atom is -0.402 e. The highest BCUT2D eigenvalue weighted by molar-refractivity contribution is 5.89. The fourth-order valence-electron chi connectivity index (χ4n) is 0.650. The third kappa shape index (κ3) is 2.66. The van der Waals surface area contributed by atoms with Crippen LogP contribution < -0.4 is 4.74 Å². The van der Waals surface area contributed by atoms with Gasteiger partial charge in [-0.3, -0.25) is 4.98 Å². The molecule has 0 N–H and O–H groups in total. The quantitative estimate of drug-likeness (QED) is 0.517. The fourth-order valence-corrected chi connectivity index (χ4v) is 0.650. The van der Waals surface area contributed by atoms with Crippen LogP contribution >= 0.6 is 0 Å². The summed E-state index contributed by atoms with van der Waals surface area (Å²) in [4.78, 5) is 18.7. The van der Waals surface area contributed by atoms with Crippen molar-refractivity contribution < 1.29 is 9.53 Å². The summed E-state index contributed by atoms with van der Waals surface area (Å²) in [6.45, 7) is 5.38. The first kappa shape index (κ1) is 9.38. The van der Waals surface area contributed by atoms with Gasteiger partial charge in [0.15, 0.2) is 0 Å². The smallest absolute Gasteiger partial charge is 0.340 e. The number of nitrogens with zero attached hydrogens (tertiary/aromatic N) is 2. The van der Waals surface area contributed by atoms with Gasteiger partial charge in [-0.2, -0.15) is 0 Å². The van der Waals surface area contributed by atoms with Crippen molar-refractivity contribution in [2.75, 3.05) is 0 Å². The first-order chi connectivity index (χ1) is 6.24. The Kier molecular flexibility index (Phi) is 3.14. The van der Waals surface area contributed by atoms with Gasteiger partial charge in [0.25, 0.3) is 0 Å². The van der Waals surface area contributed by atoms with Crippen molar-refractivity contribution in [1.29, 1.82) is 0 Å². The Bertz CT molecular complexity index is 309. The van der Waals surface area contributed by atoms with Crippen molar-refractivity contribution in [3.05, 3.63) is 30.7 Å². The van der Waals surface area contributed by atoms with Gasteiger partial charge in [0.1, 0.15) is 0 Å². The molecule has 0 aliphatic rings. The fraction of sp³-hybridized carbons (Fsp3) is 0.222. The minimum atomic E-state index is -0.456. The van der Waals surface area contributed by atoms with E-state index >= 15 is 0 Å². The summed E-state index contributed by atoms with van der Waals surface area (Å²) in [5, 5.41) is 0. The topological polar surface area (TPSA) is 52.1 Å². The van der Waals surface area contributed by atoms with E-state index in [1.54, 1.807) is 0 Å². The molecule has 1 heterocycles. The predicted octanol–water partition coefficient (Wildman–Crippen LogP) is 1.35. The zero-order valence-corrected chi connectivity index (χ0v) is 7.36. The molecule has 0 aliphatic heterocycles. The second-order valence-corrected chi connectivity index (χ2v) is 2.39. The molecule has 0 saturated heterocycles. The average molecular weight is 178 g/mol. The molecule has 0 saturated carbocycles. The van der Waals surface area contributed by atoms with Crippen LogP contribution in [0.5, 0.6) is 5.88 Å². The lowest BCUT2D eigenvalue weighted by Crippen LogP contribution is -2.10. The lowest BCUT2D eigenvalue weighted by molar-refractivity contribution is -0.130. The van der Waals surface area contributed by atoms with E-state index in [1.807, 2.05) is 6.92 Å². The van der Waals surface area contributed by atoms with E-state index in [2.05, 4.69) is 16.5 Å². The summed E-state index contributed by atoms with van der Waals surface area (Å²) >= 11 is 0. The van der Waals surface area contributed by atoms with Crippen molar-refractivity contribution >= 4 is 5.97 Å². The Labute approximate surface area is 76.3 Å². The second-order valence-electron chi connectivity index (χ2n) is 2.39. The van der Waals surface area contributed by atoms with Crippen LogP contribution in [0.2, 0.25) is 0 Å². The standard InChI is InChI=1S/C9H10N2O2/c1-3-7(2)9(12)13-8-6-10-4-5-11-8/h4-6H,2-3H2,1H3. The van der Waals surface area contributed by atoms with E-state index in [0.717, 1.165) is 0 Å². The van der Waals surface area contributed by atoms with Crippen molar-refractivity contribution in [2.45, 2.75) is 13.3 Å². The van der Waals surface area contributed by atoms with Crippen LogP contribution in [-0.2, 0) is 4.79 Å². The van der Waals surface area contributed by atoms with Crippen molar-refractivity contribution in [3.63, 3.8) is 0 Å². The maximum atomic E-state index is 11.2. The Morgan fingerprint density at radius 1 is 1.62 bits per heavy atom. The third-order valence-corrected chi connectivity index (χ3v) is 1.45. The lowest BCUT2D eigenvalue weighted by atomic mass is 10.2. The maximum Gasteiger partial charge on any atom is 0.340 e. The van der Waals surface area contributed by atoms with Crippen LogP contribution in [0.3, 0.4) is 0 Å². The number of aromatic nitrogens is 2. The van der Waals surface area contributed by atoms with E-state index in [1.165, 1.54) is 18.6 Å². The largest absolute Gasteiger partial charge is 0.402 e. The van der Waals surface area contributed by atoms with Gasteiger partial charge in [-0.1, -0.05) is 13.5 Å². The number of esters is 1. The van der Waals surface area contributed by atoms with Crippen molar-refractivity contribution in [3.8, 4) is 5.88 Å². The van der Waals surface area contributed by atoms with Crippen LogP contribution in [0.25, 0.3) is 0 Å². The van der Waals surface area contributed by atoms with Gasteiger partial charge in [0.05, 0.1) is 6.20 Å². The number of rotatable bonds is 3. The molecule has 4 heteroatoms. The molecular weight excluding hydrogens is 168 g/mol. The normalized spacial score (nSPS) is 9.31. The highest BCUT2D eigenvalue weighted by atomic mass is 16.5. The van der Waals surface area contributed by atoms with E-state index in [4.69, 9.17) is 4.74 Å². The zero-order valence-electron chi connectivity index (χ0n) is 7.36. The molecule has 0 fully saturated rings. The first-order valence-electron chi connectivity index (χ1n) is 3.90. The highest BCUT2D eigenvalue weighted by Crippen LogP contribution is 2.05. The molecular formula is C9H10N2O2. The van der Waals surface area contributed by atoms with Crippen LogP contribution in [0.15, 0.2) is 30.7 Å². The van der Waals surface area contributed by atoms with Gasteiger partial charge in [0.2, 0.25) is 5.88 Å². The Hall–Kier alpha value is -1.71. The molecule has 0 bridgehead atoms. The Morgan fingerprint density at radius 2 is 2.38 bits per heavy atom.